The monoisotopic (exact) mass is 367 g/mol. The minimum atomic E-state index is -3.57. The number of aryl methyl sites for hydroxylation is 1. The second-order valence-corrected chi connectivity index (χ2v) is 9.58. The smallest absolute Gasteiger partial charge is 0.251 e. The van der Waals surface area contributed by atoms with Gasteiger partial charge in [-0.05, 0) is 64.4 Å². The van der Waals surface area contributed by atoms with E-state index in [2.05, 4.69) is 24.1 Å². The summed E-state index contributed by atoms with van der Waals surface area (Å²) in [4.78, 5) is 15.1. The zero-order chi connectivity index (χ0) is 18.8. The maximum atomic E-state index is 12.5. The summed E-state index contributed by atoms with van der Waals surface area (Å²) in [6.45, 7) is 8.60. The Bertz CT molecular complexity index is 736. The van der Waals surface area contributed by atoms with Crippen LogP contribution in [0, 0.1) is 6.92 Å². The fourth-order valence-corrected chi connectivity index (χ4v) is 4.19. The summed E-state index contributed by atoms with van der Waals surface area (Å²) >= 11 is 0. The maximum absolute atomic E-state index is 12.5. The van der Waals surface area contributed by atoms with Crippen LogP contribution in [-0.4, -0.2) is 62.8 Å². The molecule has 0 unspecified atom stereocenters. The Hall–Kier alpha value is -1.44. The van der Waals surface area contributed by atoms with Crippen LogP contribution in [0.1, 0.15) is 42.6 Å². The molecule has 1 aromatic rings. The fraction of sp³-hybridized carbons (Fsp3) is 0.611. The van der Waals surface area contributed by atoms with Crippen LogP contribution in [0.3, 0.4) is 0 Å². The minimum Gasteiger partial charge on any atom is -0.350 e. The van der Waals surface area contributed by atoms with E-state index in [4.69, 9.17) is 0 Å². The highest BCUT2D eigenvalue weighted by Gasteiger charge is 2.29. The standard InChI is InChI=1S/C18H29N3O3S/c1-14-8-9-15(12-16(14)25(23,24)20(4)5)17(22)19-13-18(2,3)21-10-6-7-11-21/h8-9,12H,6-7,10-11,13H2,1-5H3,(H,19,22). The molecule has 25 heavy (non-hydrogen) atoms. The van der Waals surface area contributed by atoms with Crippen molar-refractivity contribution in [1.82, 2.24) is 14.5 Å². The van der Waals surface area contributed by atoms with E-state index in [0.717, 1.165) is 17.4 Å². The van der Waals surface area contributed by atoms with Crippen molar-refractivity contribution >= 4 is 15.9 Å². The van der Waals surface area contributed by atoms with Crippen LogP contribution in [0.5, 0.6) is 0 Å². The molecule has 1 aliphatic heterocycles. The van der Waals surface area contributed by atoms with Gasteiger partial charge in [0.05, 0.1) is 4.90 Å². The topological polar surface area (TPSA) is 69.7 Å². The van der Waals surface area contributed by atoms with Crippen molar-refractivity contribution in [2.75, 3.05) is 33.7 Å². The van der Waals surface area contributed by atoms with E-state index in [-0.39, 0.29) is 16.3 Å². The van der Waals surface area contributed by atoms with Gasteiger partial charge in [0.15, 0.2) is 0 Å². The predicted molar refractivity (Wildman–Crippen MR) is 99.3 cm³/mol. The molecule has 0 spiro atoms. The third-order valence-corrected chi connectivity index (χ3v) is 6.81. The van der Waals surface area contributed by atoms with Crippen LogP contribution in [0.15, 0.2) is 23.1 Å². The van der Waals surface area contributed by atoms with Crippen LogP contribution in [0.4, 0.5) is 0 Å². The lowest BCUT2D eigenvalue weighted by Gasteiger charge is -2.35. The molecule has 1 aliphatic rings. The minimum absolute atomic E-state index is 0.116. The molecule has 7 heteroatoms. The number of nitrogens with one attached hydrogen (secondary N) is 1. The fourth-order valence-electron chi connectivity index (χ4n) is 3.05. The highest BCUT2D eigenvalue weighted by molar-refractivity contribution is 7.89. The van der Waals surface area contributed by atoms with Crippen LogP contribution in [-0.2, 0) is 10.0 Å². The van der Waals surface area contributed by atoms with E-state index >= 15 is 0 Å². The Labute approximate surface area is 151 Å². The zero-order valence-corrected chi connectivity index (χ0v) is 16.6. The lowest BCUT2D eigenvalue weighted by Crippen LogP contribution is -2.50. The number of sulfonamides is 1. The summed E-state index contributed by atoms with van der Waals surface area (Å²) in [5.74, 6) is -0.248. The number of hydrogen-bond donors (Lipinski definition) is 1. The summed E-state index contributed by atoms with van der Waals surface area (Å²) < 4.78 is 26.0. The molecule has 0 bridgehead atoms. The van der Waals surface area contributed by atoms with Crippen LogP contribution in [0.25, 0.3) is 0 Å². The molecule has 2 rings (SSSR count). The van der Waals surface area contributed by atoms with Gasteiger partial charge in [-0.1, -0.05) is 6.07 Å². The number of amides is 1. The van der Waals surface area contributed by atoms with Gasteiger partial charge in [0.2, 0.25) is 10.0 Å². The Morgan fingerprint density at radius 3 is 2.40 bits per heavy atom. The van der Waals surface area contributed by atoms with E-state index in [9.17, 15) is 13.2 Å². The molecule has 1 fully saturated rings. The lowest BCUT2D eigenvalue weighted by atomic mass is 10.0. The zero-order valence-electron chi connectivity index (χ0n) is 15.8. The number of hydrogen-bond acceptors (Lipinski definition) is 4. The van der Waals surface area contributed by atoms with Crippen molar-refractivity contribution in [3.8, 4) is 0 Å². The van der Waals surface area contributed by atoms with Crippen LogP contribution in [0.2, 0.25) is 0 Å². The van der Waals surface area contributed by atoms with Crippen molar-refractivity contribution < 1.29 is 13.2 Å². The summed E-state index contributed by atoms with van der Waals surface area (Å²) in [5.41, 5.74) is 0.876. The molecule has 0 atom stereocenters. The van der Waals surface area contributed by atoms with Crippen molar-refractivity contribution in [2.24, 2.45) is 0 Å². The van der Waals surface area contributed by atoms with E-state index in [0.29, 0.717) is 17.7 Å². The molecule has 0 aliphatic carbocycles. The Balaban J connectivity index is 2.15. The first-order valence-electron chi connectivity index (χ1n) is 8.62. The van der Waals surface area contributed by atoms with Gasteiger partial charge in [-0.2, -0.15) is 0 Å². The molecule has 1 saturated heterocycles. The van der Waals surface area contributed by atoms with Gasteiger partial charge in [-0.3, -0.25) is 9.69 Å². The summed E-state index contributed by atoms with van der Waals surface area (Å²) in [7, 11) is -0.603. The van der Waals surface area contributed by atoms with Crippen LogP contribution < -0.4 is 5.32 Å². The maximum Gasteiger partial charge on any atom is 0.251 e. The number of carbonyl (C=O) groups is 1. The predicted octanol–water partition coefficient (Wildman–Crippen LogP) is 1.85. The largest absolute Gasteiger partial charge is 0.350 e. The van der Waals surface area contributed by atoms with Crippen molar-refractivity contribution in [3.63, 3.8) is 0 Å². The van der Waals surface area contributed by atoms with Crippen molar-refractivity contribution in [1.29, 1.82) is 0 Å². The number of rotatable bonds is 6. The quantitative estimate of drug-likeness (QED) is 0.833. The molecule has 1 aromatic carbocycles. The first-order valence-corrected chi connectivity index (χ1v) is 10.1. The average Bonchev–Trinajstić information content (AvgIpc) is 3.08. The van der Waals surface area contributed by atoms with E-state index in [1.807, 2.05) is 0 Å². The van der Waals surface area contributed by atoms with Gasteiger partial charge < -0.3 is 5.32 Å². The number of benzene rings is 1. The first kappa shape index (κ1) is 19.9. The molecule has 1 heterocycles. The highest BCUT2D eigenvalue weighted by atomic mass is 32.2. The van der Waals surface area contributed by atoms with E-state index in [1.54, 1.807) is 19.1 Å². The molecule has 140 valence electrons. The summed E-state index contributed by atoms with van der Waals surface area (Å²) in [6.07, 6.45) is 2.39. The second kappa shape index (κ2) is 7.43. The van der Waals surface area contributed by atoms with Gasteiger partial charge in [0, 0.05) is 31.7 Å². The third kappa shape index (κ3) is 4.40. The van der Waals surface area contributed by atoms with Gasteiger partial charge >= 0.3 is 0 Å². The summed E-state index contributed by atoms with van der Waals surface area (Å²) in [6, 6.07) is 4.81. The molecular formula is C18H29N3O3S. The third-order valence-electron chi connectivity index (χ3n) is 4.85. The Morgan fingerprint density at radius 1 is 1.24 bits per heavy atom. The molecule has 6 nitrogen and oxygen atoms in total. The van der Waals surface area contributed by atoms with Crippen molar-refractivity contribution in [3.05, 3.63) is 29.3 Å². The van der Waals surface area contributed by atoms with Gasteiger partial charge in [0.25, 0.3) is 5.91 Å². The molecular weight excluding hydrogens is 338 g/mol. The molecule has 0 radical (unpaired) electrons. The van der Waals surface area contributed by atoms with E-state index < -0.39 is 10.0 Å². The second-order valence-electron chi connectivity index (χ2n) is 7.46. The van der Waals surface area contributed by atoms with Gasteiger partial charge in [0.1, 0.15) is 0 Å². The number of carbonyl (C=O) groups excluding carboxylic acids is 1. The SMILES string of the molecule is Cc1ccc(C(=O)NCC(C)(C)N2CCCC2)cc1S(=O)(=O)N(C)C. The van der Waals surface area contributed by atoms with Gasteiger partial charge in [-0.15, -0.1) is 0 Å². The lowest BCUT2D eigenvalue weighted by molar-refractivity contribution is 0.0902. The molecule has 1 N–H and O–H groups in total. The Kier molecular flexibility index (Phi) is 5.91. The van der Waals surface area contributed by atoms with Crippen molar-refractivity contribution in [2.45, 2.75) is 44.0 Å². The van der Waals surface area contributed by atoms with Crippen LogP contribution >= 0.6 is 0 Å². The Morgan fingerprint density at radius 2 is 1.84 bits per heavy atom. The first-order chi connectivity index (χ1) is 11.6. The van der Waals surface area contributed by atoms with E-state index in [1.165, 1.54) is 33.0 Å². The highest BCUT2D eigenvalue weighted by Crippen LogP contribution is 2.22. The number of nitrogens with zero attached hydrogens (tertiary/aromatic N) is 2. The number of likely N-dealkylation sites (tertiary alicyclic amines) is 1. The summed E-state index contributed by atoms with van der Waals surface area (Å²) in [5, 5.41) is 2.95. The molecule has 0 saturated carbocycles. The normalized spacial score (nSPS) is 16.4. The van der Waals surface area contributed by atoms with Gasteiger partial charge in [-0.25, -0.2) is 12.7 Å². The molecule has 0 aromatic heterocycles. The average molecular weight is 368 g/mol. The molecule has 1 amide bonds.